The van der Waals surface area contributed by atoms with Crippen molar-refractivity contribution in [2.45, 2.75) is 33.4 Å². The van der Waals surface area contributed by atoms with Crippen LogP contribution in [-0.2, 0) is 26.2 Å². The molecular weight excluding hydrogens is 556 g/mol. The fourth-order valence-electron chi connectivity index (χ4n) is 3.12. The Kier molecular flexibility index (Phi) is 10.5. The SMILES string of the molecule is CC(C)CNC(=O)C(C)N(Cc1ccc(Cl)cc1Cl)C(=O)CN(c1ccc(Cl)c(Cl)c1)S(C)(=O)=O. The Bertz CT molecular complexity index is 1190. The van der Waals surface area contributed by atoms with Crippen LogP contribution in [0.1, 0.15) is 26.3 Å². The number of rotatable bonds is 10. The van der Waals surface area contributed by atoms with E-state index >= 15 is 0 Å². The summed E-state index contributed by atoms with van der Waals surface area (Å²) in [6.07, 6.45) is 0.974. The smallest absolute Gasteiger partial charge is 0.244 e. The van der Waals surface area contributed by atoms with Crippen molar-refractivity contribution < 1.29 is 18.0 Å². The first kappa shape index (κ1) is 29.5. The Morgan fingerprint density at radius 2 is 1.60 bits per heavy atom. The number of benzene rings is 2. The van der Waals surface area contributed by atoms with Crippen LogP contribution in [-0.4, -0.2) is 50.5 Å². The first-order chi connectivity index (χ1) is 16.2. The van der Waals surface area contributed by atoms with Crippen molar-refractivity contribution in [3.05, 3.63) is 62.1 Å². The summed E-state index contributed by atoms with van der Waals surface area (Å²) >= 11 is 24.3. The fraction of sp³-hybridized carbons (Fsp3) is 0.391. The van der Waals surface area contributed by atoms with Gasteiger partial charge in [-0.15, -0.1) is 0 Å². The van der Waals surface area contributed by atoms with Crippen LogP contribution in [0.15, 0.2) is 36.4 Å². The van der Waals surface area contributed by atoms with Gasteiger partial charge in [-0.2, -0.15) is 0 Å². The fourth-order valence-corrected chi connectivity index (χ4v) is 4.72. The Labute approximate surface area is 226 Å². The number of hydrogen-bond donors (Lipinski definition) is 1. The predicted octanol–water partition coefficient (Wildman–Crippen LogP) is 5.26. The van der Waals surface area contributed by atoms with Gasteiger partial charge in [-0.05, 0) is 48.7 Å². The van der Waals surface area contributed by atoms with Crippen molar-refractivity contribution in [3.63, 3.8) is 0 Å². The highest BCUT2D eigenvalue weighted by Gasteiger charge is 2.30. The topological polar surface area (TPSA) is 86.8 Å². The first-order valence-corrected chi connectivity index (χ1v) is 14.0. The van der Waals surface area contributed by atoms with E-state index in [-0.39, 0.29) is 34.1 Å². The molecule has 2 amide bonds. The Balaban J connectivity index is 2.42. The van der Waals surface area contributed by atoms with Crippen LogP contribution >= 0.6 is 46.4 Å². The van der Waals surface area contributed by atoms with E-state index in [4.69, 9.17) is 46.4 Å². The minimum Gasteiger partial charge on any atom is -0.354 e. The lowest BCUT2D eigenvalue weighted by molar-refractivity contribution is -0.139. The van der Waals surface area contributed by atoms with Gasteiger partial charge in [0.25, 0.3) is 0 Å². The van der Waals surface area contributed by atoms with Gasteiger partial charge >= 0.3 is 0 Å². The number of nitrogens with zero attached hydrogens (tertiary/aromatic N) is 2. The first-order valence-electron chi connectivity index (χ1n) is 10.6. The van der Waals surface area contributed by atoms with Crippen LogP contribution < -0.4 is 9.62 Å². The molecule has 0 aliphatic carbocycles. The van der Waals surface area contributed by atoms with E-state index in [0.29, 0.717) is 22.2 Å². The second kappa shape index (κ2) is 12.5. The molecule has 0 bridgehead atoms. The molecule has 0 heterocycles. The molecule has 35 heavy (non-hydrogen) atoms. The van der Waals surface area contributed by atoms with Crippen LogP contribution in [0.25, 0.3) is 0 Å². The van der Waals surface area contributed by atoms with Crippen molar-refractivity contribution >= 4 is 73.9 Å². The average Bonchev–Trinajstić information content (AvgIpc) is 2.75. The molecule has 2 rings (SSSR count). The van der Waals surface area contributed by atoms with Crippen LogP contribution in [0, 0.1) is 5.92 Å². The van der Waals surface area contributed by atoms with Crippen LogP contribution in [0.5, 0.6) is 0 Å². The quantitative estimate of drug-likeness (QED) is 0.414. The van der Waals surface area contributed by atoms with Gasteiger partial charge in [0.05, 0.1) is 22.0 Å². The minimum absolute atomic E-state index is 0.0376. The van der Waals surface area contributed by atoms with Crippen molar-refractivity contribution in [3.8, 4) is 0 Å². The number of hydrogen-bond acceptors (Lipinski definition) is 4. The summed E-state index contributed by atoms with van der Waals surface area (Å²) in [5.41, 5.74) is 0.713. The van der Waals surface area contributed by atoms with Gasteiger partial charge < -0.3 is 10.2 Å². The van der Waals surface area contributed by atoms with Gasteiger partial charge in [-0.1, -0.05) is 66.3 Å². The highest BCUT2D eigenvalue weighted by Crippen LogP contribution is 2.29. The summed E-state index contributed by atoms with van der Waals surface area (Å²) in [7, 11) is -3.89. The number of sulfonamides is 1. The summed E-state index contributed by atoms with van der Waals surface area (Å²) in [6, 6.07) is 8.13. The van der Waals surface area contributed by atoms with E-state index in [1.54, 1.807) is 19.1 Å². The van der Waals surface area contributed by atoms with Crippen LogP contribution in [0.3, 0.4) is 0 Å². The molecule has 1 unspecified atom stereocenters. The molecule has 0 saturated heterocycles. The minimum atomic E-state index is -3.89. The molecule has 0 radical (unpaired) electrons. The molecule has 2 aromatic carbocycles. The molecule has 2 aromatic rings. The molecule has 0 fully saturated rings. The van der Waals surface area contributed by atoms with E-state index in [9.17, 15) is 18.0 Å². The zero-order valence-corrected chi connectivity index (χ0v) is 23.5. The zero-order valence-electron chi connectivity index (χ0n) is 19.7. The van der Waals surface area contributed by atoms with Gasteiger partial charge in [0, 0.05) is 23.1 Å². The number of carbonyl (C=O) groups excluding carboxylic acids is 2. The lowest BCUT2D eigenvalue weighted by Gasteiger charge is -2.32. The number of nitrogens with one attached hydrogen (secondary N) is 1. The third kappa shape index (κ3) is 8.43. The average molecular weight is 583 g/mol. The second-order valence-electron chi connectivity index (χ2n) is 8.44. The molecule has 0 aliphatic heterocycles. The van der Waals surface area contributed by atoms with Gasteiger partial charge in [0.2, 0.25) is 21.8 Å². The van der Waals surface area contributed by atoms with E-state index in [1.807, 2.05) is 13.8 Å². The molecular formula is C23H27Cl4N3O4S. The highest BCUT2D eigenvalue weighted by atomic mass is 35.5. The largest absolute Gasteiger partial charge is 0.354 e. The summed E-state index contributed by atoms with van der Waals surface area (Å²) in [5.74, 6) is -0.784. The monoisotopic (exact) mass is 581 g/mol. The summed E-state index contributed by atoms with van der Waals surface area (Å²) in [4.78, 5) is 27.6. The molecule has 192 valence electrons. The summed E-state index contributed by atoms with van der Waals surface area (Å²) in [6.45, 7) is 5.28. The summed E-state index contributed by atoms with van der Waals surface area (Å²) < 4.78 is 26.1. The van der Waals surface area contributed by atoms with E-state index in [1.165, 1.54) is 29.2 Å². The number of carbonyl (C=O) groups is 2. The second-order valence-corrected chi connectivity index (χ2v) is 12.0. The lowest BCUT2D eigenvalue weighted by atomic mass is 10.1. The molecule has 12 heteroatoms. The zero-order chi connectivity index (χ0) is 26.5. The van der Waals surface area contributed by atoms with Gasteiger partial charge in [0.15, 0.2) is 0 Å². The predicted molar refractivity (Wildman–Crippen MR) is 143 cm³/mol. The Morgan fingerprint density at radius 1 is 0.943 bits per heavy atom. The van der Waals surface area contributed by atoms with Gasteiger partial charge in [-0.25, -0.2) is 8.42 Å². The molecule has 0 aromatic heterocycles. The molecule has 0 aliphatic rings. The molecule has 1 atom stereocenters. The van der Waals surface area contributed by atoms with Gasteiger partial charge in [0.1, 0.15) is 12.6 Å². The van der Waals surface area contributed by atoms with Crippen LogP contribution in [0.4, 0.5) is 5.69 Å². The Morgan fingerprint density at radius 3 is 2.14 bits per heavy atom. The number of amides is 2. The normalized spacial score (nSPS) is 12.4. The molecule has 0 saturated carbocycles. The molecule has 7 nitrogen and oxygen atoms in total. The number of anilines is 1. The molecule has 0 spiro atoms. The van der Waals surface area contributed by atoms with Crippen LogP contribution in [0.2, 0.25) is 20.1 Å². The van der Waals surface area contributed by atoms with Crippen molar-refractivity contribution in [1.82, 2.24) is 10.2 Å². The van der Waals surface area contributed by atoms with Crippen molar-refractivity contribution in [2.24, 2.45) is 5.92 Å². The van der Waals surface area contributed by atoms with E-state index in [0.717, 1.165) is 10.6 Å². The number of halogens is 4. The maximum absolute atomic E-state index is 13.5. The third-order valence-corrected chi connectivity index (χ3v) is 7.54. The summed E-state index contributed by atoms with van der Waals surface area (Å²) in [5, 5.41) is 3.91. The molecule has 1 N–H and O–H groups in total. The van der Waals surface area contributed by atoms with Crippen molar-refractivity contribution in [2.75, 3.05) is 23.7 Å². The van der Waals surface area contributed by atoms with Gasteiger partial charge in [-0.3, -0.25) is 13.9 Å². The van der Waals surface area contributed by atoms with Crippen molar-refractivity contribution in [1.29, 1.82) is 0 Å². The van der Waals surface area contributed by atoms with E-state index in [2.05, 4.69) is 5.32 Å². The third-order valence-electron chi connectivity index (χ3n) is 5.08. The maximum atomic E-state index is 13.5. The highest BCUT2D eigenvalue weighted by molar-refractivity contribution is 7.92. The standard InChI is InChI=1S/C23H27Cl4N3O4S/c1-14(2)11-28-23(32)15(3)29(12-16-5-6-17(24)9-20(16)26)22(31)13-30(35(4,33)34)18-7-8-19(25)21(27)10-18/h5-10,14-15H,11-13H2,1-4H3,(H,28,32). The van der Waals surface area contributed by atoms with E-state index < -0.39 is 28.5 Å². The lowest BCUT2D eigenvalue weighted by Crippen LogP contribution is -2.51. The Hall–Kier alpha value is -1.71. The maximum Gasteiger partial charge on any atom is 0.244 e.